The summed E-state index contributed by atoms with van der Waals surface area (Å²) < 4.78 is 0. The fourth-order valence-electron chi connectivity index (χ4n) is 2.69. The zero-order valence-electron chi connectivity index (χ0n) is 14.5. The molecule has 1 N–H and O–H groups in total. The molecule has 1 unspecified atom stereocenters. The highest BCUT2D eigenvalue weighted by molar-refractivity contribution is 4.92. The molecule has 0 amide bonds. The van der Waals surface area contributed by atoms with Gasteiger partial charge < -0.3 is 5.32 Å². The van der Waals surface area contributed by atoms with Crippen molar-refractivity contribution in [1.82, 2.24) is 5.32 Å². The van der Waals surface area contributed by atoms with Crippen molar-refractivity contribution in [1.29, 1.82) is 0 Å². The van der Waals surface area contributed by atoms with Gasteiger partial charge in [0.2, 0.25) is 0 Å². The van der Waals surface area contributed by atoms with Crippen LogP contribution in [0.25, 0.3) is 0 Å². The molecular formula is C19H39N. The summed E-state index contributed by atoms with van der Waals surface area (Å²) in [5.74, 6) is 0. The number of unbranched alkanes of at least 4 members (excludes halogenated alkanes) is 9. The second-order valence-corrected chi connectivity index (χ2v) is 6.57. The molecule has 120 valence electrons. The van der Waals surface area contributed by atoms with E-state index in [0.29, 0.717) is 0 Å². The molecule has 20 heavy (non-hydrogen) atoms. The van der Waals surface area contributed by atoms with E-state index in [0.717, 1.165) is 13.1 Å². The van der Waals surface area contributed by atoms with Gasteiger partial charge >= 0.3 is 0 Å². The third-order valence-electron chi connectivity index (χ3n) is 4.37. The molecule has 0 aromatic carbocycles. The largest absolute Gasteiger partial charge is 0.316 e. The van der Waals surface area contributed by atoms with E-state index in [1.165, 1.54) is 70.6 Å². The molecule has 0 radical (unpaired) electrons. The number of hydrogen-bond donors (Lipinski definition) is 1. The number of rotatable bonds is 15. The molecule has 1 nitrogen and oxygen atoms in total. The van der Waals surface area contributed by atoms with Crippen LogP contribution in [-0.2, 0) is 0 Å². The third-order valence-corrected chi connectivity index (χ3v) is 4.37. The second-order valence-electron chi connectivity index (χ2n) is 6.57. The highest BCUT2D eigenvalue weighted by Gasteiger charge is 2.18. The molecule has 0 heterocycles. The molecule has 1 atom stereocenters. The maximum Gasteiger partial charge on any atom is 0.00396 e. The Balaban J connectivity index is 3.39. The maximum atomic E-state index is 4.01. The van der Waals surface area contributed by atoms with Crippen molar-refractivity contribution in [2.24, 2.45) is 5.41 Å². The van der Waals surface area contributed by atoms with Crippen LogP contribution < -0.4 is 5.32 Å². The molecule has 0 saturated carbocycles. The molecule has 0 aromatic rings. The predicted octanol–water partition coefficient (Wildman–Crippen LogP) is 6.10. The van der Waals surface area contributed by atoms with Crippen LogP contribution in [0.5, 0.6) is 0 Å². The molecule has 1 heteroatoms. The molecule has 0 bridgehead atoms. The molecule has 0 fully saturated rings. The summed E-state index contributed by atoms with van der Waals surface area (Å²) in [5.41, 5.74) is 0.288. The van der Waals surface area contributed by atoms with Gasteiger partial charge in [0.15, 0.2) is 0 Å². The smallest absolute Gasteiger partial charge is 0.00396 e. The van der Waals surface area contributed by atoms with E-state index in [9.17, 15) is 0 Å². The van der Waals surface area contributed by atoms with Gasteiger partial charge in [-0.25, -0.2) is 0 Å². The van der Waals surface area contributed by atoms with Gasteiger partial charge in [-0.05, 0) is 18.4 Å². The van der Waals surface area contributed by atoms with Crippen LogP contribution in [0.4, 0.5) is 0 Å². The minimum absolute atomic E-state index is 0.288. The van der Waals surface area contributed by atoms with Crippen molar-refractivity contribution in [3.63, 3.8) is 0 Å². The first-order chi connectivity index (χ1) is 9.68. The summed E-state index contributed by atoms with van der Waals surface area (Å²) in [6, 6.07) is 0. The quantitative estimate of drug-likeness (QED) is 0.282. The van der Waals surface area contributed by atoms with Crippen molar-refractivity contribution in [3.8, 4) is 0 Å². The van der Waals surface area contributed by atoms with E-state index in [2.05, 4.69) is 38.7 Å². The number of nitrogens with one attached hydrogen (secondary N) is 1. The molecule has 0 aliphatic heterocycles. The molecule has 0 aliphatic rings. The fraction of sp³-hybridized carbons (Fsp3) is 0.895. The van der Waals surface area contributed by atoms with E-state index in [-0.39, 0.29) is 5.41 Å². The van der Waals surface area contributed by atoms with E-state index < -0.39 is 0 Å². The fourth-order valence-corrected chi connectivity index (χ4v) is 2.69. The summed E-state index contributed by atoms with van der Waals surface area (Å²) in [6.45, 7) is 12.9. The van der Waals surface area contributed by atoms with Gasteiger partial charge in [0.1, 0.15) is 0 Å². The van der Waals surface area contributed by atoms with E-state index in [4.69, 9.17) is 0 Å². The predicted molar refractivity (Wildman–Crippen MR) is 93.3 cm³/mol. The first-order valence-electron chi connectivity index (χ1n) is 9.03. The Morgan fingerprint density at radius 3 is 1.80 bits per heavy atom. The minimum atomic E-state index is 0.288. The summed E-state index contributed by atoms with van der Waals surface area (Å²) >= 11 is 0. The summed E-state index contributed by atoms with van der Waals surface area (Å²) in [5, 5.41) is 3.45. The topological polar surface area (TPSA) is 12.0 Å². The minimum Gasteiger partial charge on any atom is -0.316 e. The van der Waals surface area contributed by atoms with Crippen molar-refractivity contribution in [3.05, 3.63) is 12.7 Å². The van der Waals surface area contributed by atoms with Gasteiger partial charge in [0, 0.05) is 6.54 Å². The monoisotopic (exact) mass is 281 g/mol. The zero-order chi connectivity index (χ0) is 15.1. The van der Waals surface area contributed by atoms with Crippen LogP contribution in [0, 0.1) is 5.41 Å². The molecular weight excluding hydrogens is 242 g/mol. The Hall–Kier alpha value is -0.300. The van der Waals surface area contributed by atoms with Gasteiger partial charge in [-0.3, -0.25) is 0 Å². The Morgan fingerprint density at radius 2 is 1.35 bits per heavy atom. The molecule has 0 rings (SSSR count). The van der Waals surface area contributed by atoms with E-state index >= 15 is 0 Å². The lowest BCUT2D eigenvalue weighted by Crippen LogP contribution is -2.30. The van der Waals surface area contributed by atoms with Crippen molar-refractivity contribution in [2.75, 3.05) is 13.1 Å². The SMILES string of the molecule is C=CC(C)(CCCCCCCCCCCC)CNCC. The lowest BCUT2D eigenvalue weighted by atomic mass is 9.84. The average molecular weight is 282 g/mol. The van der Waals surface area contributed by atoms with Gasteiger partial charge in [-0.2, -0.15) is 0 Å². The Morgan fingerprint density at radius 1 is 0.850 bits per heavy atom. The van der Waals surface area contributed by atoms with Crippen molar-refractivity contribution >= 4 is 0 Å². The summed E-state index contributed by atoms with van der Waals surface area (Å²) in [6.07, 6.45) is 17.6. The Bertz CT molecular complexity index is 212. The van der Waals surface area contributed by atoms with E-state index in [1.54, 1.807) is 0 Å². The highest BCUT2D eigenvalue weighted by Crippen LogP contribution is 2.25. The second kappa shape index (κ2) is 13.7. The standard InChI is InChI=1S/C19H39N/c1-5-8-9-10-11-12-13-14-15-16-17-19(4,6-2)18-20-7-3/h6,20H,2,5,7-18H2,1,3-4H3. The van der Waals surface area contributed by atoms with Crippen LogP contribution in [0.3, 0.4) is 0 Å². The molecule has 0 aliphatic carbocycles. The Kier molecular flexibility index (Phi) is 13.5. The first kappa shape index (κ1) is 19.7. The van der Waals surface area contributed by atoms with Crippen molar-refractivity contribution < 1.29 is 0 Å². The summed E-state index contributed by atoms with van der Waals surface area (Å²) in [4.78, 5) is 0. The third kappa shape index (κ3) is 11.5. The zero-order valence-corrected chi connectivity index (χ0v) is 14.5. The van der Waals surface area contributed by atoms with Crippen molar-refractivity contribution in [2.45, 2.75) is 91.4 Å². The molecule has 0 saturated heterocycles. The van der Waals surface area contributed by atoms with Crippen LogP contribution in [0.15, 0.2) is 12.7 Å². The van der Waals surface area contributed by atoms with Gasteiger partial charge in [0.05, 0.1) is 0 Å². The molecule has 0 spiro atoms. The van der Waals surface area contributed by atoms with Gasteiger partial charge in [-0.1, -0.05) is 91.1 Å². The highest BCUT2D eigenvalue weighted by atomic mass is 14.9. The van der Waals surface area contributed by atoms with E-state index in [1.807, 2.05) is 0 Å². The first-order valence-corrected chi connectivity index (χ1v) is 9.03. The van der Waals surface area contributed by atoms with Gasteiger partial charge in [0.25, 0.3) is 0 Å². The van der Waals surface area contributed by atoms with Crippen LogP contribution in [0.2, 0.25) is 0 Å². The number of hydrogen-bond acceptors (Lipinski definition) is 1. The molecule has 0 aromatic heterocycles. The van der Waals surface area contributed by atoms with Crippen LogP contribution >= 0.6 is 0 Å². The normalized spacial score (nSPS) is 14.2. The summed E-state index contributed by atoms with van der Waals surface area (Å²) in [7, 11) is 0. The Labute approximate surface area is 128 Å². The van der Waals surface area contributed by atoms with Crippen LogP contribution in [-0.4, -0.2) is 13.1 Å². The lowest BCUT2D eigenvalue weighted by Gasteiger charge is -2.26. The average Bonchev–Trinajstić information content (AvgIpc) is 2.47. The maximum absolute atomic E-state index is 4.01. The lowest BCUT2D eigenvalue weighted by molar-refractivity contribution is 0.350. The van der Waals surface area contributed by atoms with Crippen LogP contribution in [0.1, 0.15) is 91.4 Å². The van der Waals surface area contributed by atoms with Gasteiger partial charge in [-0.15, -0.1) is 6.58 Å².